The third-order valence-electron chi connectivity index (χ3n) is 4.63. The van der Waals surface area contributed by atoms with Crippen LogP contribution in [0.3, 0.4) is 0 Å². The van der Waals surface area contributed by atoms with Crippen LogP contribution in [0.25, 0.3) is 0 Å². The fourth-order valence-electron chi connectivity index (χ4n) is 3.29. The minimum atomic E-state index is -0.574. The van der Waals surface area contributed by atoms with Crippen LogP contribution in [0.4, 0.5) is 0 Å². The average Bonchev–Trinajstić information content (AvgIpc) is 3.04. The number of rotatable bonds is 4. The second kappa shape index (κ2) is 6.77. The van der Waals surface area contributed by atoms with Crippen LogP contribution in [0.15, 0.2) is 30.3 Å². The van der Waals surface area contributed by atoms with Crippen LogP contribution in [0, 0.1) is 11.3 Å². The van der Waals surface area contributed by atoms with Crippen LogP contribution in [0.2, 0.25) is 0 Å². The predicted octanol–water partition coefficient (Wildman–Crippen LogP) is 2.32. The standard InChI is InChI=1S/C19H25NO5/c1-12-15-14(11-23-18(22)19(2,3)4)25-20(16(15)17(21)24-12)10-13-8-6-5-7-9-13/h5-9,12,14-16H,10-11H2,1-4H3/t12-,14+,15+,16-/m0/s1. The Kier molecular flexibility index (Phi) is 4.84. The molecule has 0 bridgehead atoms. The summed E-state index contributed by atoms with van der Waals surface area (Å²) in [6.45, 7) is 7.87. The van der Waals surface area contributed by atoms with Crippen LogP contribution < -0.4 is 0 Å². The molecule has 0 unspecified atom stereocenters. The highest BCUT2D eigenvalue weighted by Crippen LogP contribution is 2.38. The van der Waals surface area contributed by atoms with Gasteiger partial charge in [0, 0.05) is 0 Å². The van der Waals surface area contributed by atoms with E-state index in [1.165, 1.54) is 0 Å². The van der Waals surface area contributed by atoms with Crippen molar-refractivity contribution in [2.24, 2.45) is 11.3 Å². The Morgan fingerprint density at radius 1 is 1.24 bits per heavy atom. The molecule has 0 amide bonds. The minimum absolute atomic E-state index is 0.115. The summed E-state index contributed by atoms with van der Waals surface area (Å²) < 4.78 is 10.8. The monoisotopic (exact) mass is 347 g/mol. The predicted molar refractivity (Wildman–Crippen MR) is 90.1 cm³/mol. The maximum Gasteiger partial charge on any atom is 0.326 e. The highest BCUT2D eigenvalue weighted by molar-refractivity contribution is 5.79. The number of cyclic esters (lactones) is 1. The Hall–Kier alpha value is -1.92. The zero-order valence-electron chi connectivity index (χ0n) is 15.1. The van der Waals surface area contributed by atoms with Crippen molar-refractivity contribution in [3.63, 3.8) is 0 Å². The number of hydroxylamine groups is 2. The van der Waals surface area contributed by atoms with E-state index in [1.54, 1.807) is 25.8 Å². The summed E-state index contributed by atoms with van der Waals surface area (Å²) in [4.78, 5) is 30.3. The van der Waals surface area contributed by atoms with Gasteiger partial charge in [-0.1, -0.05) is 30.3 Å². The topological polar surface area (TPSA) is 65.1 Å². The van der Waals surface area contributed by atoms with Gasteiger partial charge in [-0.25, -0.2) is 0 Å². The Morgan fingerprint density at radius 2 is 1.92 bits per heavy atom. The summed E-state index contributed by atoms with van der Waals surface area (Å²) in [6.07, 6.45) is -0.655. The smallest absolute Gasteiger partial charge is 0.326 e. The summed E-state index contributed by atoms with van der Waals surface area (Å²) in [7, 11) is 0. The number of benzene rings is 1. The molecule has 0 aliphatic carbocycles. The minimum Gasteiger partial charge on any atom is -0.462 e. The first-order valence-corrected chi connectivity index (χ1v) is 8.62. The largest absolute Gasteiger partial charge is 0.462 e. The third-order valence-corrected chi connectivity index (χ3v) is 4.63. The Morgan fingerprint density at radius 3 is 2.56 bits per heavy atom. The first-order chi connectivity index (χ1) is 11.8. The number of carbonyl (C=O) groups excluding carboxylic acids is 2. The molecule has 2 heterocycles. The second-order valence-electron chi connectivity index (χ2n) is 7.72. The normalized spacial score (nSPS) is 29.4. The molecule has 2 saturated heterocycles. The highest BCUT2D eigenvalue weighted by Gasteiger charge is 2.56. The molecule has 0 spiro atoms. The van der Waals surface area contributed by atoms with Gasteiger partial charge in [0.15, 0.2) is 0 Å². The van der Waals surface area contributed by atoms with Crippen molar-refractivity contribution >= 4 is 11.9 Å². The van der Waals surface area contributed by atoms with Gasteiger partial charge in [0.1, 0.15) is 24.9 Å². The zero-order valence-corrected chi connectivity index (χ0v) is 15.1. The molecule has 1 aromatic carbocycles. The van der Waals surface area contributed by atoms with Crippen molar-refractivity contribution in [1.29, 1.82) is 0 Å². The van der Waals surface area contributed by atoms with E-state index < -0.39 is 11.5 Å². The van der Waals surface area contributed by atoms with Gasteiger partial charge < -0.3 is 9.47 Å². The lowest BCUT2D eigenvalue weighted by Gasteiger charge is -2.22. The van der Waals surface area contributed by atoms with E-state index in [4.69, 9.17) is 14.3 Å². The fourth-order valence-corrected chi connectivity index (χ4v) is 3.29. The molecule has 0 aromatic heterocycles. The molecule has 2 aliphatic heterocycles. The molecule has 0 radical (unpaired) electrons. The van der Waals surface area contributed by atoms with Crippen LogP contribution in [0.1, 0.15) is 33.3 Å². The maximum absolute atomic E-state index is 12.3. The van der Waals surface area contributed by atoms with E-state index in [1.807, 2.05) is 37.3 Å². The Labute approximate surface area is 148 Å². The maximum atomic E-state index is 12.3. The average molecular weight is 347 g/mol. The van der Waals surface area contributed by atoms with Crippen molar-refractivity contribution in [3.05, 3.63) is 35.9 Å². The number of nitrogens with zero attached hydrogens (tertiary/aromatic N) is 1. The fraction of sp³-hybridized carbons (Fsp3) is 0.579. The third kappa shape index (κ3) is 3.70. The summed E-state index contributed by atoms with van der Waals surface area (Å²) in [5.74, 6) is -0.714. The number of hydrogen-bond acceptors (Lipinski definition) is 6. The molecule has 4 atom stereocenters. The van der Waals surface area contributed by atoms with Gasteiger partial charge in [-0.15, -0.1) is 0 Å². The molecule has 0 N–H and O–H groups in total. The quantitative estimate of drug-likeness (QED) is 0.779. The molecule has 2 fully saturated rings. The first kappa shape index (κ1) is 17.9. The zero-order chi connectivity index (χ0) is 18.2. The number of ether oxygens (including phenoxy) is 2. The highest BCUT2D eigenvalue weighted by atomic mass is 16.7. The van der Waals surface area contributed by atoms with Gasteiger partial charge in [0.2, 0.25) is 0 Å². The summed E-state index contributed by atoms with van der Waals surface area (Å²) >= 11 is 0. The van der Waals surface area contributed by atoms with Crippen molar-refractivity contribution in [1.82, 2.24) is 5.06 Å². The van der Waals surface area contributed by atoms with Gasteiger partial charge in [-0.3, -0.25) is 14.4 Å². The van der Waals surface area contributed by atoms with Gasteiger partial charge in [-0.05, 0) is 33.3 Å². The molecule has 6 heteroatoms. The van der Waals surface area contributed by atoms with E-state index in [0.29, 0.717) is 6.54 Å². The Bertz CT molecular complexity index is 639. The van der Waals surface area contributed by atoms with Crippen molar-refractivity contribution in [2.45, 2.75) is 52.5 Å². The second-order valence-corrected chi connectivity index (χ2v) is 7.72. The molecular formula is C19H25NO5. The lowest BCUT2D eigenvalue weighted by atomic mass is 9.92. The number of carbonyl (C=O) groups is 2. The van der Waals surface area contributed by atoms with Crippen molar-refractivity contribution in [3.8, 4) is 0 Å². The number of hydrogen-bond donors (Lipinski definition) is 0. The van der Waals surface area contributed by atoms with Crippen molar-refractivity contribution < 1.29 is 23.9 Å². The van der Waals surface area contributed by atoms with E-state index in [0.717, 1.165) is 5.56 Å². The van der Waals surface area contributed by atoms with E-state index in [2.05, 4.69) is 0 Å². The molecule has 136 valence electrons. The first-order valence-electron chi connectivity index (χ1n) is 8.62. The summed E-state index contributed by atoms with van der Waals surface area (Å²) in [5, 5.41) is 1.67. The van der Waals surface area contributed by atoms with Crippen LogP contribution in [0.5, 0.6) is 0 Å². The number of esters is 2. The van der Waals surface area contributed by atoms with Crippen LogP contribution in [-0.2, 0) is 30.4 Å². The molecule has 1 aromatic rings. The lowest BCUT2D eigenvalue weighted by Crippen LogP contribution is -2.35. The lowest BCUT2D eigenvalue weighted by molar-refractivity contribution is -0.201. The van der Waals surface area contributed by atoms with E-state index in [9.17, 15) is 9.59 Å². The SMILES string of the molecule is C[C@@H]1OC(=O)[C@@H]2[C@H]1[C@@H](COC(=O)C(C)(C)C)ON2Cc1ccccc1. The summed E-state index contributed by atoms with van der Waals surface area (Å²) in [6, 6.07) is 9.33. The molecule has 3 rings (SSSR count). The van der Waals surface area contributed by atoms with E-state index >= 15 is 0 Å². The van der Waals surface area contributed by atoms with Crippen LogP contribution in [-0.4, -0.2) is 41.9 Å². The summed E-state index contributed by atoms with van der Waals surface area (Å²) in [5.41, 5.74) is 0.468. The number of fused-ring (bicyclic) bond motifs is 1. The molecular weight excluding hydrogens is 322 g/mol. The molecule has 2 aliphatic rings. The molecule has 6 nitrogen and oxygen atoms in total. The van der Waals surface area contributed by atoms with Crippen LogP contribution >= 0.6 is 0 Å². The van der Waals surface area contributed by atoms with Gasteiger partial charge in [0.05, 0.1) is 17.9 Å². The van der Waals surface area contributed by atoms with Crippen molar-refractivity contribution in [2.75, 3.05) is 6.61 Å². The molecule has 25 heavy (non-hydrogen) atoms. The van der Waals surface area contributed by atoms with Gasteiger partial charge >= 0.3 is 11.9 Å². The van der Waals surface area contributed by atoms with Gasteiger partial charge in [-0.2, -0.15) is 5.06 Å². The Balaban J connectivity index is 1.72. The molecule has 0 saturated carbocycles. The van der Waals surface area contributed by atoms with E-state index in [-0.39, 0.29) is 36.7 Å². The van der Waals surface area contributed by atoms with Gasteiger partial charge in [0.25, 0.3) is 0 Å².